The van der Waals surface area contributed by atoms with E-state index in [1.165, 1.54) is 0 Å². The Morgan fingerprint density at radius 3 is 1.67 bits per heavy atom. The third-order valence-corrected chi connectivity index (χ3v) is 9.43. The molecule has 0 aliphatic carbocycles. The Morgan fingerprint density at radius 2 is 1.23 bits per heavy atom. The van der Waals surface area contributed by atoms with Crippen LogP contribution in [0.3, 0.4) is 0 Å². The second-order valence-corrected chi connectivity index (χ2v) is 10.6. The van der Waals surface area contributed by atoms with E-state index in [0.717, 1.165) is 15.6 Å². The molecule has 1 aliphatic rings. The second-order valence-electron chi connectivity index (χ2n) is 7.24. The molecule has 0 unspecified atom stereocenters. The van der Waals surface area contributed by atoms with E-state index in [1.54, 1.807) is 19.3 Å². The summed E-state index contributed by atoms with van der Waals surface area (Å²) >= 11 is 0. The summed E-state index contributed by atoms with van der Waals surface area (Å²) in [5.41, 5.74) is 0. The fourth-order valence-electron chi connectivity index (χ4n) is 3.87. The topological polar surface area (TPSA) is 47.9 Å². The van der Waals surface area contributed by atoms with E-state index in [0.29, 0.717) is 0 Å². The first-order valence-electron chi connectivity index (χ1n) is 10.1. The van der Waals surface area contributed by atoms with Crippen LogP contribution in [0.4, 0.5) is 0 Å². The first-order valence-corrected chi connectivity index (χ1v) is 12.0. The van der Waals surface area contributed by atoms with E-state index in [2.05, 4.69) is 36.4 Å². The minimum atomic E-state index is -2.83. The SMILES string of the molecule is CO[C@@H]1C=C[C@H](O)[C@@H](CO[Si](c2ccccc2)(c2ccccc2)c2ccccc2)O1. The number of methoxy groups -OCH3 is 1. The van der Waals surface area contributed by atoms with Crippen LogP contribution in [0.1, 0.15) is 0 Å². The number of aliphatic hydroxyl groups excluding tert-OH is 1. The molecule has 0 radical (unpaired) electrons. The van der Waals surface area contributed by atoms with Gasteiger partial charge in [-0.3, -0.25) is 0 Å². The quantitative estimate of drug-likeness (QED) is 0.362. The molecule has 4 nitrogen and oxygen atoms in total. The van der Waals surface area contributed by atoms with Crippen LogP contribution in [-0.2, 0) is 13.9 Å². The van der Waals surface area contributed by atoms with Crippen LogP contribution in [0.2, 0.25) is 0 Å². The number of hydrogen-bond donors (Lipinski definition) is 1. The minimum absolute atomic E-state index is 0.246. The van der Waals surface area contributed by atoms with Crippen molar-refractivity contribution in [1.29, 1.82) is 0 Å². The van der Waals surface area contributed by atoms with Gasteiger partial charge >= 0.3 is 0 Å². The summed E-state index contributed by atoms with van der Waals surface area (Å²) in [5, 5.41) is 13.9. The molecule has 154 valence electrons. The van der Waals surface area contributed by atoms with Gasteiger partial charge in [0.05, 0.1) is 6.61 Å². The molecule has 0 saturated heterocycles. The monoisotopic (exact) mass is 418 g/mol. The van der Waals surface area contributed by atoms with Gasteiger partial charge in [0.2, 0.25) is 0 Å². The van der Waals surface area contributed by atoms with Gasteiger partial charge in [-0.2, -0.15) is 0 Å². The highest BCUT2D eigenvalue weighted by Crippen LogP contribution is 2.17. The van der Waals surface area contributed by atoms with Crippen LogP contribution in [0.15, 0.2) is 103 Å². The van der Waals surface area contributed by atoms with Crippen molar-refractivity contribution in [2.24, 2.45) is 0 Å². The van der Waals surface area contributed by atoms with Crippen molar-refractivity contribution in [2.75, 3.05) is 13.7 Å². The Hall–Kier alpha value is -2.54. The van der Waals surface area contributed by atoms with Crippen LogP contribution in [0, 0.1) is 0 Å². The maximum Gasteiger partial charge on any atom is 0.288 e. The van der Waals surface area contributed by atoms with Crippen molar-refractivity contribution < 1.29 is 19.0 Å². The van der Waals surface area contributed by atoms with Crippen molar-refractivity contribution in [2.45, 2.75) is 18.5 Å². The molecule has 0 aromatic heterocycles. The zero-order chi connectivity index (χ0) is 20.8. The highest BCUT2D eigenvalue weighted by Gasteiger charge is 2.43. The van der Waals surface area contributed by atoms with E-state index in [4.69, 9.17) is 13.9 Å². The second kappa shape index (κ2) is 9.51. The summed E-state index contributed by atoms with van der Waals surface area (Å²) in [5.74, 6) is 0. The highest BCUT2D eigenvalue weighted by atomic mass is 28.4. The molecule has 1 aliphatic heterocycles. The van der Waals surface area contributed by atoms with Gasteiger partial charge in [-0.1, -0.05) is 97.1 Å². The van der Waals surface area contributed by atoms with Crippen molar-refractivity contribution in [1.82, 2.24) is 0 Å². The van der Waals surface area contributed by atoms with E-state index >= 15 is 0 Å². The third-order valence-electron chi connectivity index (χ3n) is 5.39. The van der Waals surface area contributed by atoms with Gasteiger partial charge in [-0.25, -0.2) is 0 Å². The zero-order valence-corrected chi connectivity index (χ0v) is 17.9. The molecule has 0 fully saturated rings. The predicted octanol–water partition coefficient (Wildman–Crippen LogP) is 1.96. The predicted molar refractivity (Wildman–Crippen MR) is 121 cm³/mol. The average Bonchev–Trinajstić information content (AvgIpc) is 2.82. The highest BCUT2D eigenvalue weighted by molar-refractivity contribution is 7.07. The van der Waals surface area contributed by atoms with Crippen molar-refractivity contribution >= 4 is 23.9 Å². The van der Waals surface area contributed by atoms with Crippen LogP contribution < -0.4 is 15.6 Å². The molecule has 30 heavy (non-hydrogen) atoms. The molecule has 1 heterocycles. The number of benzene rings is 3. The van der Waals surface area contributed by atoms with Gasteiger partial charge in [0.1, 0.15) is 12.2 Å². The van der Waals surface area contributed by atoms with E-state index < -0.39 is 26.8 Å². The largest absolute Gasteiger partial charge is 0.401 e. The molecule has 3 aromatic rings. The lowest BCUT2D eigenvalue weighted by molar-refractivity contribution is -0.166. The van der Waals surface area contributed by atoms with Crippen LogP contribution in [-0.4, -0.2) is 45.6 Å². The summed E-state index contributed by atoms with van der Waals surface area (Å²) in [7, 11) is -1.24. The Morgan fingerprint density at radius 1 is 0.767 bits per heavy atom. The summed E-state index contributed by atoms with van der Waals surface area (Å²) in [6, 6.07) is 31.1. The molecule has 0 spiro atoms. The zero-order valence-electron chi connectivity index (χ0n) is 16.9. The Bertz CT molecular complexity index is 850. The Kier molecular flexibility index (Phi) is 6.57. The lowest BCUT2D eigenvalue weighted by Crippen LogP contribution is -2.70. The summed E-state index contributed by atoms with van der Waals surface area (Å²) < 4.78 is 18.0. The molecule has 3 aromatic carbocycles. The lowest BCUT2D eigenvalue weighted by atomic mass is 10.1. The van der Waals surface area contributed by atoms with Gasteiger partial charge in [-0.15, -0.1) is 0 Å². The van der Waals surface area contributed by atoms with E-state index in [-0.39, 0.29) is 6.61 Å². The molecular formula is C25H26O4Si. The number of aliphatic hydroxyl groups is 1. The molecule has 5 heteroatoms. The number of rotatable bonds is 7. The van der Waals surface area contributed by atoms with E-state index in [9.17, 15) is 5.11 Å². The van der Waals surface area contributed by atoms with Crippen LogP contribution in [0.5, 0.6) is 0 Å². The standard InChI is InChI=1S/C25H26O4Si/c1-27-25-18-17-23(26)24(29-25)19-28-30(20-11-5-2-6-12-20,21-13-7-3-8-14-21)22-15-9-4-10-16-22/h2-18,23-26H,19H2,1H3/t23-,24+,25-/m0/s1. The van der Waals surface area contributed by atoms with Crippen molar-refractivity contribution in [3.8, 4) is 0 Å². The molecular weight excluding hydrogens is 392 g/mol. The molecule has 0 saturated carbocycles. The molecule has 3 atom stereocenters. The maximum atomic E-state index is 10.5. The molecule has 1 N–H and O–H groups in total. The fourth-order valence-corrected chi connectivity index (χ4v) is 7.77. The van der Waals surface area contributed by atoms with Crippen molar-refractivity contribution in [3.05, 3.63) is 103 Å². The first-order chi connectivity index (χ1) is 14.7. The number of ether oxygens (including phenoxy) is 2. The Balaban J connectivity index is 1.78. The smallest absolute Gasteiger partial charge is 0.288 e. The fraction of sp³-hybridized carbons (Fsp3) is 0.200. The van der Waals surface area contributed by atoms with Gasteiger partial charge in [0, 0.05) is 7.11 Å². The summed E-state index contributed by atoms with van der Waals surface area (Å²) in [4.78, 5) is 0. The van der Waals surface area contributed by atoms with Gasteiger partial charge in [0.25, 0.3) is 8.32 Å². The minimum Gasteiger partial charge on any atom is -0.401 e. The Labute approximate surface area is 178 Å². The maximum absolute atomic E-state index is 10.5. The normalized spacial score (nSPS) is 21.5. The summed E-state index contributed by atoms with van der Waals surface area (Å²) in [6.45, 7) is 0.246. The van der Waals surface area contributed by atoms with E-state index in [1.807, 2.05) is 54.6 Å². The third kappa shape index (κ3) is 4.17. The van der Waals surface area contributed by atoms with Crippen LogP contribution >= 0.6 is 0 Å². The molecule has 4 rings (SSSR count). The van der Waals surface area contributed by atoms with Gasteiger partial charge in [-0.05, 0) is 21.6 Å². The van der Waals surface area contributed by atoms with Crippen molar-refractivity contribution in [3.63, 3.8) is 0 Å². The van der Waals surface area contributed by atoms with Gasteiger partial charge < -0.3 is 19.0 Å². The molecule has 0 bridgehead atoms. The first kappa shape index (κ1) is 20.7. The molecule has 0 amide bonds. The van der Waals surface area contributed by atoms with Gasteiger partial charge in [0.15, 0.2) is 6.29 Å². The van der Waals surface area contributed by atoms with Crippen LogP contribution in [0.25, 0.3) is 0 Å². The lowest BCUT2D eigenvalue weighted by Gasteiger charge is -2.36. The number of hydrogen-bond acceptors (Lipinski definition) is 4. The average molecular weight is 419 g/mol. The summed E-state index contributed by atoms with van der Waals surface area (Å²) in [6.07, 6.45) is 1.69.